The van der Waals surface area contributed by atoms with E-state index in [0.29, 0.717) is 70.6 Å². The lowest BCUT2D eigenvalue weighted by atomic mass is 9.47. The second kappa shape index (κ2) is 15.2. The minimum atomic E-state index is -3.24. The van der Waals surface area contributed by atoms with Crippen LogP contribution in [-0.4, -0.2) is 44.5 Å². The maximum atomic E-state index is 12.6. The monoisotopic (exact) mass is 905 g/mol. The lowest BCUT2D eigenvalue weighted by Crippen LogP contribution is -2.59. The number of rotatable bonds is 6. The first-order valence-electron chi connectivity index (χ1n) is 27.7. The summed E-state index contributed by atoms with van der Waals surface area (Å²) in [5, 5.41) is 0. The molecule has 0 amide bonds. The topological polar surface area (TPSA) is 78.9 Å². The largest absolute Gasteiger partial charge is 0.498 e. The van der Waals surface area contributed by atoms with Crippen molar-refractivity contribution in [1.82, 2.24) is 0 Å². The Hall–Kier alpha value is -1.67. The summed E-state index contributed by atoms with van der Waals surface area (Å²) in [7, 11) is -3.24. The highest BCUT2D eigenvalue weighted by Crippen LogP contribution is 2.70. The number of allylic oxidation sites excluding steroid dienone is 3. The summed E-state index contributed by atoms with van der Waals surface area (Å²) in [6.07, 6.45) is 33.2. The molecule has 0 unspecified atom stereocenters. The zero-order chi connectivity index (χ0) is 45.1. The van der Waals surface area contributed by atoms with Crippen LogP contribution >= 0.6 is 0 Å². The number of fused-ring (bicyclic) bond motifs is 15. The lowest BCUT2D eigenvalue weighted by molar-refractivity contribution is -0.129. The third-order valence-electron chi connectivity index (χ3n) is 24.7. The predicted octanol–water partition coefficient (Wildman–Crippen LogP) is 13.3. The van der Waals surface area contributed by atoms with Gasteiger partial charge in [0.05, 0.1) is 18.3 Å². The first kappa shape index (κ1) is 44.5. The van der Waals surface area contributed by atoms with Gasteiger partial charge < -0.3 is 13.3 Å². The molecule has 0 N–H and O–H groups in total. The van der Waals surface area contributed by atoms with Crippen molar-refractivity contribution in [1.29, 1.82) is 0 Å². The fourth-order valence-corrected chi connectivity index (χ4v) is 23.9. The van der Waals surface area contributed by atoms with Gasteiger partial charge in [0, 0.05) is 25.8 Å². The highest BCUT2D eigenvalue weighted by molar-refractivity contribution is 6.59. The number of ketones is 3. The summed E-state index contributed by atoms with van der Waals surface area (Å²) in [6, 6.07) is 0. The van der Waals surface area contributed by atoms with Crippen molar-refractivity contribution >= 4 is 26.2 Å². The first-order chi connectivity index (χ1) is 30.9. The molecule has 0 bridgehead atoms. The van der Waals surface area contributed by atoms with Crippen molar-refractivity contribution < 1.29 is 27.7 Å². The van der Waals surface area contributed by atoms with E-state index in [-0.39, 0.29) is 50.8 Å². The molecule has 0 radical (unpaired) electrons. The first-order valence-corrected chi connectivity index (χ1v) is 29.9. The molecule has 356 valence electrons. The maximum Gasteiger partial charge on any atom is 0.498 e. The molecule has 65 heavy (non-hydrogen) atoms. The van der Waals surface area contributed by atoms with Crippen molar-refractivity contribution in [2.45, 2.75) is 221 Å². The Kier molecular flexibility index (Phi) is 10.4. The number of hydrogen-bond donors (Lipinski definition) is 0. The fraction of sp³-hybridized carbons (Fsp3) is 0.845. The Morgan fingerprint density at radius 2 is 0.677 bits per heavy atom. The maximum absolute atomic E-state index is 12.6. The minimum absolute atomic E-state index is 0.110. The third-order valence-corrected chi connectivity index (χ3v) is 26.8. The van der Waals surface area contributed by atoms with Crippen LogP contribution in [0, 0.1) is 85.8 Å². The average Bonchev–Trinajstić information content (AvgIpc) is 3.90. The zero-order valence-electron chi connectivity index (χ0n) is 41.6. The highest BCUT2D eigenvalue weighted by atomic mass is 28.4. The molecule has 7 heteroatoms. The number of hydrogen-bond acceptors (Lipinski definition) is 6. The SMILES string of the molecule is C[C@]12CC[C@@H]3[C@H](CCC4=CC(=O)CC[C@@]43C)[C@H]1CC[C@H]2O[Si](C)(O[C@@H]1CC[C@@H]2[C@@H]3CCC4=CC(=O)CC[C@@]4(C)[C@@H]3CC[C@@]21C)O[C@@H]1CC[C@@H]2[C@@H]3CCC4=CC(=O)CC[C@@]4(C)[C@@H]3CC[C@@]21C. The summed E-state index contributed by atoms with van der Waals surface area (Å²) >= 11 is 0. The van der Waals surface area contributed by atoms with Gasteiger partial charge in [0.25, 0.3) is 0 Å². The van der Waals surface area contributed by atoms with Crippen molar-refractivity contribution in [3.8, 4) is 0 Å². The van der Waals surface area contributed by atoms with Crippen LogP contribution in [0.15, 0.2) is 34.9 Å². The Balaban J connectivity index is 0.828. The molecule has 6 nitrogen and oxygen atoms in total. The molecule has 18 atom stereocenters. The molecule has 0 aliphatic heterocycles. The summed E-state index contributed by atoms with van der Waals surface area (Å²) in [5.41, 5.74) is 5.25. The molecule has 12 rings (SSSR count). The number of carbonyl (C=O) groups is 3. The average molecular weight is 905 g/mol. The van der Waals surface area contributed by atoms with E-state index in [1.165, 1.54) is 93.8 Å². The van der Waals surface area contributed by atoms with Gasteiger partial charge in [-0.25, -0.2) is 0 Å². The third kappa shape index (κ3) is 6.46. The van der Waals surface area contributed by atoms with Gasteiger partial charge in [-0.05, 0) is 239 Å². The van der Waals surface area contributed by atoms with Gasteiger partial charge >= 0.3 is 8.80 Å². The van der Waals surface area contributed by atoms with E-state index in [0.717, 1.165) is 77.0 Å². The van der Waals surface area contributed by atoms with Gasteiger partial charge in [0.15, 0.2) is 17.3 Å². The summed E-state index contributed by atoms with van der Waals surface area (Å²) in [4.78, 5) is 37.8. The Morgan fingerprint density at radius 1 is 0.385 bits per heavy atom. The summed E-state index contributed by atoms with van der Waals surface area (Å²) < 4.78 is 23.8. The molecule has 0 aromatic carbocycles. The molecule has 0 aromatic heterocycles. The van der Waals surface area contributed by atoms with Gasteiger partial charge in [-0.15, -0.1) is 0 Å². The van der Waals surface area contributed by atoms with E-state index in [2.05, 4.69) is 66.3 Å². The smallest absolute Gasteiger partial charge is 0.370 e. The Bertz CT molecular complexity index is 1890. The van der Waals surface area contributed by atoms with Crippen LogP contribution in [0.4, 0.5) is 0 Å². The fourth-order valence-electron chi connectivity index (χ4n) is 21.0. The number of carbonyl (C=O) groups excluding carboxylic acids is 3. The molecule has 12 aliphatic carbocycles. The van der Waals surface area contributed by atoms with Crippen LogP contribution < -0.4 is 0 Å². The molecule has 0 spiro atoms. The predicted molar refractivity (Wildman–Crippen MR) is 256 cm³/mol. The van der Waals surface area contributed by atoms with Crippen molar-refractivity contribution in [2.75, 3.05) is 0 Å². The van der Waals surface area contributed by atoms with Gasteiger partial charge in [0.1, 0.15) is 0 Å². The van der Waals surface area contributed by atoms with Crippen molar-refractivity contribution in [2.24, 2.45) is 85.8 Å². The Morgan fingerprint density at radius 3 is 0.969 bits per heavy atom. The quantitative estimate of drug-likeness (QED) is 0.247. The van der Waals surface area contributed by atoms with Crippen LogP contribution in [0.25, 0.3) is 0 Å². The van der Waals surface area contributed by atoms with Gasteiger partial charge in [-0.3, -0.25) is 14.4 Å². The van der Waals surface area contributed by atoms with E-state index in [1.54, 1.807) is 0 Å². The summed E-state index contributed by atoms with van der Waals surface area (Å²) in [5.74, 6) is 7.12. The van der Waals surface area contributed by atoms with Gasteiger partial charge in [-0.1, -0.05) is 58.3 Å². The molecular weight excluding hydrogens is 821 g/mol. The molecule has 12 aliphatic rings. The lowest BCUT2D eigenvalue weighted by Gasteiger charge is -2.59. The van der Waals surface area contributed by atoms with Crippen LogP contribution in [-0.2, 0) is 27.7 Å². The van der Waals surface area contributed by atoms with Crippen molar-refractivity contribution in [3.63, 3.8) is 0 Å². The second-order valence-corrected chi connectivity index (χ2v) is 29.4. The molecule has 0 aromatic rings. The van der Waals surface area contributed by atoms with E-state index >= 15 is 0 Å². The van der Waals surface area contributed by atoms with E-state index < -0.39 is 8.80 Å². The van der Waals surface area contributed by atoms with Gasteiger partial charge in [-0.2, -0.15) is 0 Å². The highest BCUT2D eigenvalue weighted by Gasteiger charge is 2.66. The van der Waals surface area contributed by atoms with E-state index in [1.807, 2.05) is 0 Å². The van der Waals surface area contributed by atoms with E-state index in [9.17, 15) is 14.4 Å². The van der Waals surface area contributed by atoms with Crippen LogP contribution in [0.5, 0.6) is 0 Å². The zero-order valence-corrected chi connectivity index (χ0v) is 42.6. The molecule has 9 saturated carbocycles. The van der Waals surface area contributed by atoms with Crippen molar-refractivity contribution in [3.05, 3.63) is 34.9 Å². The second-order valence-electron chi connectivity index (χ2n) is 27.0. The summed E-state index contributed by atoms with van der Waals surface area (Å²) in [6.45, 7) is 17.7. The minimum Gasteiger partial charge on any atom is -0.370 e. The van der Waals surface area contributed by atoms with Crippen LogP contribution in [0.2, 0.25) is 6.55 Å². The molecule has 0 heterocycles. The standard InChI is InChI=1S/C58H84O6Si/c1-53-26-20-38(59)32-35(53)8-11-41-44-14-17-50(56(44,4)29-23-47(41)53)62-65(7,63-51-18-15-45-42-12-9-36-33-39(60)21-27-54(36,2)48(42)24-30-57(45,51)5)64-52-19-16-46-43-13-10-37-34-40(61)22-28-55(37,3)49(43)25-31-58(46,52)6/h32-34,41-52H,8-31H2,1-7H3/t41-,42-,43+,44+,45+,46+,47+,48+,49+,50+,51+,52+,53+,54+,55-,56-,57-,58-/m0/s1. The van der Waals surface area contributed by atoms with Crippen LogP contribution in [0.3, 0.4) is 0 Å². The normalized spacial score (nSPS) is 52.3. The Labute approximate surface area is 393 Å². The van der Waals surface area contributed by atoms with Crippen LogP contribution in [0.1, 0.15) is 196 Å². The molecule has 9 fully saturated rings. The molecular formula is C58H84O6Si. The van der Waals surface area contributed by atoms with E-state index in [4.69, 9.17) is 13.3 Å². The molecule has 0 saturated heterocycles. The van der Waals surface area contributed by atoms with Gasteiger partial charge in [0.2, 0.25) is 0 Å².